The van der Waals surface area contributed by atoms with E-state index in [1.807, 2.05) is 32.0 Å². The first kappa shape index (κ1) is 21.2. The number of carbonyl (C=O) groups excluding carboxylic acids is 3. The highest BCUT2D eigenvalue weighted by Crippen LogP contribution is 2.44. The van der Waals surface area contributed by atoms with Crippen molar-refractivity contribution in [2.24, 2.45) is 11.8 Å². The van der Waals surface area contributed by atoms with Gasteiger partial charge in [0.1, 0.15) is 0 Å². The second-order valence-corrected chi connectivity index (χ2v) is 10.4. The molecule has 4 rings (SSSR count). The molecular formula is C23H22Br2N2O3. The van der Waals surface area contributed by atoms with Gasteiger partial charge in [0.15, 0.2) is 0 Å². The number of benzene rings is 2. The molecule has 2 aliphatic rings. The number of hydrogen-bond acceptors (Lipinski definition) is 3. The van der Waals surface area contributed by atoms with Gasteiger partial charge in [-0.3, -0.25) is 19.3 Å². The molecule has 0 radical (unpaired) electrons. The molecule has 0 unspecified atom stereocenters. The van der Waals surface area contributed by atoms with E-state index in [1.165, 1.54) is 4.90 Å². The largest absolute Gasteiger partial charge is 0.322 e. The van der Waals surface area contributed by atoms with Gasteiger partial charge in [-0.15, -0.1) is 0 Å². The summed E-state index contributed by atoms with van der Waals surface area (Å²) in [7, 11) is 0. The summed E-state index contributed by atoms with van der Waals surface area (Å²) in [6, 6.07) is 12.4. The number of nitrogens with zero attached hydrogens (tertiary/aromatic N) is 1. The van der Waals surface area contributed by atoms with E-state index < -0.39 is 0 Å². The fraction of sp³-hybridized carbons (Fsp3) is 0.348. The maximum absolute atomic E-state index is 12.9. The lowest BCUT2D eigenvalue weighted by Gasteiger charge is -2.29. The Morgan fingerprint density at radius 1 is 0.900 bits per heavy atom. The van der Waals surface area contributed by atoms with Crippen molar-refractivity contribution in [2.75, 3.05) is 10.2 Å². The molecule has 7 heteroatoms. The molecule has 0 spiro atoms. The molecule has 3 amide bonds. The normalized spacial score (nSPS) is 25.9. The summed E-state index contributed by atoms with van der Waals surface area (Å²) < 4.78 is 0. The lowest BCUT2D eigenvalue weighted by molar-refractivity contribution is -0.122. The molecule has 30 heavy (non-hydrogen) atoms. The minimum atomic E-state index is -0.288. The summed E-state index contributed by atoms with van der Waals surface area (Å²) in [4.78, 5) is 40.0. The number of hydrogen-bond donors (Lipinski definition) is 1. The molecule has 2 fully saturated rings. The minimum Gasteiger partial charge on any atom is -0.322 e. The van der Waals surface area contributed by atoms with Crippen molar-refractivity contribution in [1.29, 1.82) is 0 Å². The van der Waals surface area contributed by atoms with Gasteiger partial charge in [0.25, 0.3) is 5.91 Å². The third-order valence-electron chi connectivity index (χ3n) is 6.06. The lowest BCUT2D eigenvalue weighted by Crippen LogP contribution is -2.34. The first-order chi connectivity index (χ1) is 14.3. The lowest BCUT2D eigenvalue weighted by atomic mass is 9.81. The predicted octanol–water partition coefficient (Wildman–Crippen LogP) is 4.98. The zero-order valence-electron chi connectivity index (χ0n) is 16.7. The number of imide groups is 1. The van der Waals surface area contributed by atoms with Crippen LogP contribution in [0, 0.1) is 25.7 Å². The highest BCUT2D eigenvalue weighted by molar-refractivity contribution is 9.12. The minimum absolute atomic E-state index is 0.152. The van der Waals surface area contributed by atoms with Crippen LogP contribution in [0.15, 0.2) is 42.5 Å². The summed E-state index contributed by atoms with van der Waals surface area (Å²) in [5.74, 6) is -1.11. The van der Waals surface area contributed by atoms with Crippen molar-refractivity contribution in [1.82, 2.24) is 0 Å². The molecule has 1 saturated carbocycles. The van der Waals surface area contributed by atoms with Gasteiger partial charge >= 0.3 is 0 Å². The van der Waals surface area contributed by atoms with Gasteiger partial charge in [-0.2, -0.15) is 0 Å². The molecule has 2 aromatic carbocycles. The number of fused-ring (bicyclic) bond motifs is 1. The first-order valence-corrected chi connectivity index (χ1v) is 11.7. The van der Waals surface area contributed by atoms with Gasteiger partial charge < -0.3 is 5.32 Å². The Labute approximate surface area is 192 Å². The van der Waals surface area contributed by atoms with E-state index >= 15 is 0 Å². The number of anilines is 2. The molecule has 0 bridgehead atoms. The number of nitrogens with one attached hydrogen (secondary N) is 1. The van der Waals surface area contributed by atoms with Crippen LogP contribution in [0.1, 0.15) is 34.3 Å². The standard InChI is InChI=1S/C23H22Br2N2O3/c1-12-3-6-15(9-13(12)2)26-21(28)14-4-7-16(8-5-14)27-22(29)17-10-19(24)20(25)11-18(17)23(27)30/h3-9,17-20H,10-11H2,1-2H3,(H,26,28)/t17-,18+,19-,20-/m0/s1. The molecule has 0 aromatic heterocycles. The van der Waals surface area contributed by atoms with E-state index in [4.69, 9.17) is 0 Å². The number of alkyl halides is 2. The Bertz CT molecular complexity index is 994. The summed E-state index contributed by atoms with van der Waals surface area (Å²) in [6.07, 6.45) is 1.27. The highest BCUT2D eigenvalue weighted by Gasteiger charge is 2.52. The zero-order chi connectivity index (χ0) is 21.6. The molecule has 156 valence electrons. The van der Waals surface area contributed by atoms with E-state index in [0.717, 1.165) is 16.8 Å². The SMILES string of the molecule is Cc1ccc(NC(=O)c2ccc(N3C(=O)[C@H]4C[C@H](Br)[C@@H](Br)C[C@H]4C3=O)cc2)cc1C. The topological polar surface area (TPSA) is 66.5 Å². The summed E-state index contributed by atoms with van der Waals surface area (Å²) >= 11 is 7.20. The summed E-state index contributed by atoms with van der Waals surface area (Å²) in [5.41, 5.74) is 3.98. The molecule has 1 N–H and O–H groups in total. The predicted molar refractivity (Wildman–Crippen MR) is 124 cm³/mol. The molecule has 1 saturated heterocycles. The number of carbonyl (C=O) groups is 3. The number of amides is 3. The van der Waals surface area contributed by atoms with Gasteiger partial charge in [0, 0.05) is 20.9 Å². The maximum atomic E-state index is 12.9. The van der Waals surface area contributed by atoms with Crippen LogP contribution in [0.3, 0.4) is 0 Å². The average molecular weight is 534 g/mol. The molecule has 4 atom stereocenters. The van der Waals surface area contributed by atoms with E-state index in [2.05, 4.69) is 37.2 Å². The third kappa shape index (κ3) is 3.85. The van der Waals surface area contributed by atoms with Crippen molar-refractivity contribution < 1.29 is 14.4 Å². The van der Waals surface area contributed by atoms with Crippen molar-refractivity contribution in [3.05, 3.63) is 59.2 Å². The van der Waals surface area contributed by atoms with Crippen LogP contribution < -0.4 is 10.2 Å². The Morgan fingerprint density at radius 3 is 2.00 bits per heavy atom. The van der Waals surface area contributed by atoms with Crippen molar-refractivity contribution in [3.63, 3.8) is 0 Å². The van der Waals surface area contributed by atoms with E-state index in [0.29, 0.717) is 24.1 Å². The molecular weight excluding hydrogens is 512 g/mol. The number of rotatable bonds is 3. The fourth-order valence-electron chi connectivity index (χ4n) is 4.13. The highest BCUT2D eigenvalue weighted by atomic mass is 79.9. The fourth-order valence-corrected chi connectivity index (χ4v) is 5.37. The molecule has 1 aliphatic heterocycles. The Balaban J connectivity index is 1.50. The van der Waals surface area contributed by atoms with Gasteiger partial charge in [-0.1, -0.05) is 37.9 Å². The van der Waals surface area contributed by atoms with Crippen molar-refractivity contribution in [3.8, 4) is 0 Å². The van der Waals surface area contributed by atoms with Gasteiger partial charge in [0.05, 0.1) is 17.5 Å². The van der Waals surface area contributed by atoms with E-state index in [-0.39, 0.29) is 39.2 Å². The summed E-state index contributed by atoms with van der Waals surface area (Å²) in [5, 5.41) is 2.89. The Kier molecular flexibility index (Phi) is 5.86. The van der Waals surface area contributed by atoms with Crippen LogP contribution in [0.25, 0.3) is 0 Å². The molecule has 1 heterocycles. The van der Waals surface area contributed by atoms with Gasteiger partial charge in [0.2, 0.25) is 11.8 Å². The second-order valence-electron chi connectivity index (χ2n) is 8.03. The van der Waals surface area contributed by atoms with E-state index in [1.54, 1.807) is 24.3 Å². The average Bonchev–Trinajstić information content (AvgIpc) is 2.95. The first-order valence-electron chi connectivity index (χ1n) is 9.91. The smallest absolute Gasteiger partial charge is 0.255 e. The van der Waals surface area contributed by atoms with Crippen LogP contribution in [0.5, 0.6) is 0 Å². The molecule has 5 nitrogen and oxygen atoms in total. The Hall–Kier alpha value is -1.99. The van der Waals surface area contributed by atoms with Gasteiger partial charge in [-0.25, -0.2) is 0 Å². The van der Waals surface area contributed by atoms with Crippen LogP contribution in [-0.4, -0.2) is 27.4 Å². The Morgan fingerprint density at radius 2 is 1.47 bits per heavy atom. The van der Waals surface area contributed by atoms with Crippen molar-refractivity contribution in [2.45, 2.75) is 36.3 Å². The maximum Gasteiger partial charge on any atom is 0.255 e. The van der Waals surface area contributed by atoms with Crippen LogP contribution >= 0.6 is 31.9 Å². The number of aryl methyl sites for hydroxylation is 2. The summed E-state index contributed by atoms with van der Waals surface area (Å²) in [6.45, 7) is 4.02. The molecule has 2 aromatic rings. The zero-order valence-corrected chi connectivity index (χ0v) is 19.9. The van der Waals surface area contributed by atoms with Crippen LogP contribution in [0.2, 0.25) is 0 Å². The number of halogens is 2. The van der Waals surface area contributed by atoms with E-state index in [9.17, 15) is 14.4 Å². The third-order valence-corrected chi connectivity index (χ3v) is 8.80. The van der Waals surface area contributed by atoms with Crippen LogP contribution in [-0.2, 0) is 9.59 Å². The van der Waals surface area contributed by atoms with Crippen molar-refractivity contribution >= 4 is 61.0 Å². The monoisotopic (exact) mass is 532 g/mol. The quantitative estimate of drug-likeness (QED) is 0.447. The molecule has 1 aliphatic carbocycles. The van der Waals surface area contributed by atoms with Gasteiger partial charge in [-0.05, 0) is 74.2 Å². The second kappa shape index (κ2) is 8.27. The van der Waals surface area contributed by atoms with Crippen LogP contribution in [0.4, 0.5) is 11.4 Å².